The highest BCUT2D eigenvalue weighted by molar-refractivity contribution is 5.93. The van der Waals surface area contributed by atoms with Crippen molar-refractivity contribution in [2.75, 3.05) is 39.6 Å². The molecule has 4 aromatic rings. The summed E-state index contributed by atoms with van der Waals surface area (Å²) in [5, 5.41) is 0. The molecule has 1 fully saturated rings. The van der Waals surface area contributed by atoms with Crippen molar-refractivity contribution in [2.45, 2.75) is 102 Å². The van der Waals surface area contributed by atoms with Gasteiger partial charge < -0.3 is 47.4 Å². The van der Waals surface area contributed by atoms with E-state index in [1.807, 2.05) is 0 Å². The normalized spacial score (nSPS) is 13.9. The van der Waals surface area contributed by atoms with E-state index < -0.39 is 36.5 Å². The molecule has 0 aliphatic carbocycles. The zero-order valence-electron chi connectivity index (χ0n) is 40.6. The molecule has 0 amide bonds. The quantitative estimate of drug-likeness (QED) is 0.0147. The van der Waals surface area contributed by atoms with E-state index in [2.05, 4.69) is 13.2 Å². The molecule has 16 nitrogen and oxygen atoms in total. The second-order valence-electron chi connectivity index (χ2n) is 16.6. The molecule has 16 heteroatoms. The Hall–Kier alpha value is -7.30. The van der Waals surface area contributed by atoms with Crippen molar-refractivity contribution in [1.82, 2.24) is 0 Å². The van der Waals surface area contributed by atoms with Crippen LogP contribution in [0.5, 0.6) is 23.0 Å². The molecule has 0 bridgehead atoms. The van der Waals surface area contributed by atoms with Crippen LogP contribution in [0.3, 0.4) is 0 Å². The third-order valence-corrected chi connectivity index (χ3v) is 11.0. The van der Waals surface area contributed by atoms with Crippen molar-refractivity contribution in [2.24, 2.45) is 0 Å². The summed E-state index contributed by atoms with van der Waals surface area (Å²) in [5.41, 5.74) is 0.855. The molecule has 0 N–H and O–H groups in total. The minimum absolute atomic E-state index is 0.0766. The van der Waals surface area contributed by atoms with E-state index in [9.17, 15) is 28.8 Å². The van der Waals surface area contributed by atoms with Gasteiger partial charge >= 0.3 is 35.8 Å². The topological polar surface area (TPSA) is 195 Å². The molecular weight excluding hydrogens is 929 g/mol. The summed E-state index contributed by atoms with van der Waals surface area (Å²) in [4.78, 5) is 74.0. The minimum atomic E-state index is -1.38. The molecule has 1 saturated heterocycles. The van der Waals surface area contributed by atoms with E-state index >= 15 is 0 Å². The van der Waals surface area contributed by atoms with Gasteiger partial charge in [-0.3, -0.25) is 0 Å². The number of rotatable bonds is 32. The average Bonchev–Trinajstić information content (AvgIpc) is 3.40. The van der Waals surface area contributed by atoms with Crippen LogP contribution in [0.2, 0.25) is 0 Å². The molecule has 384 valence electrons. The first-order valence-corrected chi connectivity index (χ1v) is 24.5. The molecule has 4 aromatic carbocycles. The van der Waals surface area contributed by atoms with Gasteiger partial charge in [0.15, 0.2) is 0 Å². The van der Waals surface area contributed by atoms with Crippen molar-refractivity contribution >= 4 is 35.8 Å². The maximum Gasteiger partial charge on any atom is 0.343 e. The second kappa shape index (κ2) is 31.8. The van der Waals surface area contributed by atoms with Gasteiger partial charge in [-0.2, -0.15) is 0 Å². The van der Waals surface area contributed by atoms with Gasteiger partial charge in [0.05, 0.1) is 61.9 Å². The number of ether oxygens (including phenoxy) is 10. The Morgan fingerprint density at radius 2 is 0.667 bits per heavy atom. The van der Waals surface area contributed by atoms with E-state index in [4.69, 9.17) is 47.4 Å². The molecule has 5 rings (SSSR count). The fourth-order valence-electron chi connectivity index (χ4n) is 7.06. The van der Waals surface area contributed by atoms with Crippen LogP contribution in [0.1, 0.15) is 131 Å². The lowest BCUT2D eigenvalue weighted by Crippen LogP contribution is -2.44. The number of benzene rings is 4. The van der Waals surface area contributed by atoms with Gasteiger partial charge in [-0.15, -0.1) is 0 Å². The highest BCUT2D eigenvalue weighted by atomic mass is 16.8. The molecule has 1 aliphatic heterocycles. The first kappa shape index (κ1) is 55.6. The lowest BCUT2D eigenvalue weighted by Gasteiger charge is -2.30. The molecule has 0 saturated carbocycles. The summed E-state index contributed by atoms with van der Waals surface area (Å²) in [5.74, 6) is -1.89. The van der Waals surface area contributed by atoms with E-state index in [0.717, 1.165) is 89.9 Å². The van der Waals surface area contributed by atoms with Crippen LogP contribution < -0.4 is 18.9 Å². The number of hydrogen-bond donors (Lipinski definition) is 0. The summed E-state index contributed by atoms with van der Waals surface area (Å²) >= 11 is 0. The number of carbonyl (C=O) groups excluding carboxylic acids is 6. The Morgan fingerprint density at radius 1 is 0.389 bits per heavy atom. The summed E-state index contributed by atoms with van der Waals surface area (Å²) in [6.45, 7) is 8.87. The van der Waals surface area contributed by atoms with Crippen molar-refractivity contribution in [3.8, 4) is 23.0 Å². The van der Waals surface area contributed by atoms with E-state index in [1.54, 1.807) is 48.5 Å². The number of unbranched alkanes of at least 4 members (excludes halogenated alkanes) is 12. The van der Waals surface area contributed by atoms with E-state index in [0.29, 0.717) is 49.1 Å². The molecule has 2 atom stereocenters. The number of hydrogen-bond acceptors (Lipinski definition) is 16. The molecular formula is C56H64O16. The highest BCUT2D eigenvalue weighted by Gasteiger charge is 2.34. The molecule has 1 heterocycles. The first-order valence-electron chi connectivity index (χ1n) is 24.5. The molecule has 0 aromatic heterocycles. The van der Waals surface area contributed by atoms with E-state index in [1.165, 1.54) is 60.7 Å². The fourth-order valence-corrected chi connectivity index (χ4v) is 7.06. The standard InChI is InChI=1S/C56H64O16/c1-3-49(57)65-37-17-13-9-5-7-11-15-35-63-45-27-19-41(20-28-45)51(59)69-47-31-23-43(24-32-47)53(61)71-55-56(68-40-39-67-55)72-54(62)44-25-33-48(34-26-44)70-52(60)42-21-29-46(30-22-42)64-36-16-12-8-6-10-14-18-38-66-50(58)4-2/h3-4,19-34,55-56H,1-2,5-18,35-40H2/t55-,56-/m1/s1. The SMILES string of the molecule is C=CC(=O)OCCCCCCCCCOc1ccc(C(=O)Oc2ccc(C(=O)O[C@H]3OCCO[C@@H]3OC(=O)c3ccc(OC(=O)c4ccc(OCCCCCCCCCOC(=O)C=C)cc4)cc3)cc2)cc1. The van der Waals surface area contributed by atoms with Crippen LogP contribution in [0.15, 0.2) is 122 Å². The molecule has 0 unspecified atom stereocenters. The Kier molecular flexibility index (Phi) is 24.6. The fraction of sp³-hybridized carbons (Fsp3) is 0.393. The van der Waals surface area contributed by atoms with Crippen LogP contribution in [0, 0.1) is 0 Å². The second-order valence-corrected chi connectivity index (χ2v) is 16.6. The third kappa shape index (κ3) is 20.6. The van der Waals surface area contributed by atoms with Crippen molar-refractivity contribution in [3.05, 3.63) is 145 Å². The lowest BCUT2D eigenvalue weighted by molar-refractivity contribution is -0.288. The van der Waals surface area contributed by atoms with Crippen molar-refractivity contribution < 1.29 is 76.1 Å². The predicted molar refractivity (Wildman–Crippen MR) is 264 cm³/mol. The average molecular weight is 993 g/mol. The predicted octanol–water partition coefficient (Wildman–Crippen LogP) is 10.5. The Morgan fingerprint density at radius 3 is 0.986 bits per heavy atom. The van der Waals surface area contributed by atoms with Crippen LogP contribution in [0.25, 0.3) is 0 Å². The summed E-state index contributed by atoms with van der Waals surface area (Å²) < 4.78 is 54.7. The van der Waals surface area contributed by atoms with Gasteiger partial charge in [0.2, 0.25) is 0 Å². The van der Waals surface area contributed by atoms with Crippen molar-refractivity contribution in [1.29, 1.82) is 0 Å². The monoisotopic (exact) mass is 992 g/mol. The smallest absolute Gasteiger partial charge is 0.343 e. The number of carbonyl (C=O) groups is 6. The summed E-state index contributed by atoms with van der Waals surface area (Å²) in [7, 11) is 0. The van der Waals surface area contributed by atoms with Gasteiger partial charge in [0, 0.05) is 12.2 Å². The Bertz CT molecular complexity index is 2160. The zero-order chi connectivity index (χ0) is 51.2. The van der Waals surface area contributed by atoms with Gasteiger partial charge in [0.25, 0.3) is 12.6 Å². The van der Waals surface area contributed by atoms with Gasteiger partial charge in [-0.05, 0) is 123 Å². The van der Waals surface area contributed by atoms with Gasteiger partial charge in [-0.1, -0.05) is 77.4 Å². The highest BCUT2D eigenvalue weighted by Crippen LogP contribution is 2.23. The first-order chi connectivity index (χ1) is 35.1. The van der Waals surface area contributed by atoms with Gasteiger partial charge in [0.1, 0.15) is 23.0 Å². The summed E-state index contributed by atoms with van der Waals surface area (Å²) in [6.07, 6.45) is 13.7. The third-order valence-electron chi connectivity index (χ3n) is 11.0. The van der Waals surface area contributed by atoms with Gasteiger partial charge in [-0.25, -0.2) is 28.8 Å². The molecule has 0 radical (unpaired) electrons. The van der Waals surface area contributed by atoms with Crippen LogP contribution >= 0.6 is 0 Å². The molecule has 72 heavy (non-hydrogen) atoms. The number of esters is 6. The molecule has 0 spiro atoms. The minimum Gasteiger partial charge on any atom is -0.494 e. The Labute approximate surface area is 420 Å². The van der Waals surface area contributed by atoms with Crippen molar-refractivity contribution in [3.63, 3.8) is 0 Å². The largest absolute Gasteiger partial charge is 0.494 e. The van der Waals surface area contributed by atoms with Crippen LogP contribution in [-0.4, -0.2) is 88.0 Å². The van der Waals surface area contributed by atoms with Crippen LogP contribution in [-0.2, 0) is 38.0 Å². The van der Waals surface area contributed by atoms with E-state index in [-0.39, 0.29) is 47.8 Å². The Balaban J connectivity index is 0.957. The maximum absolute atomic E-state index is 13.1. The maximum atomic E-state index is 13.1. The lowest BCUT2D eigenvalue weighted by atomic mass is 10.1. The zero-order valence-corrected chi connectivity index (χ0v) is 40.6. The summed E-state index contributed by atoms with van der Waals surface area (Å²) in [6, 6.07) is 24.7. The van der Waals surface area contributed by atoms with Crippen LogP contribution in [0.4, 0.5) is 0 Å². The molecule has 1 aliphatic rings.